The molecule has 0 bridgehead atoms. The third kappa shape index (κ3) is 4.87. The van der Waals surface area contributed by atoms with Crippen LogP contribution in [0.5, 0.6) is 0 Å². The maximum atomic E-state index is 13.0. The van der Waals surface area contributed by atoms with E-state index in [9.17, 15) is 22.8 Å². The van der Waals surface area contributed by atoms with Crippen molar-refractivity contribution in [2.24, 2.45) is 7.05 Å². The van der Waals surface area contributed by atoms with Crippen LogP contribution in [0.2, 0.25) is 0 Å². The van der Waals surface area contributed by atoms with Crippen LogP contribution in [0.1, 0.15) is 22.5 Å². The highest BCUT2D eigenvalue weighted by Crippen LogP contribution is 2.34. The SMILES string of the molecule is Cc1nn(C)c(C)c1CC(=O)N(C)CC(=O)Nc1ccccc1C(F)(F)F. The van der Waals surface area contributed by atoms with Crippen LogP contribution < -0.4 is 5.32 Å². The van der Waals surface area contributed by atoms with Gasteiger partial charge in [0.05, 0.1) is 29.9 Å². The summed E-state index contributed by atoms with van der Waals surface area (Å²) in [4.78, 5) is 25.7. The molecule has 2 amide bonds. The number of carbonyl (C=O) groups excluding carboxylic acids is 2. The summed E-state index contributed by atoms with van der Waals surface area (Å²) in [5, 5.41) is 6.46. The number of hydrogen-bond donors (Lipinski definition) is 1. The fraction of sp³-hybridized carbons (Fsp3) is 0.389. The van der Waals surface area contributed by atoms with Gasteiger partial charge in [-0.15, -0.1) is 0 Å². The summed E-state index contributed by atoms with van der Waals surface area (Å²) in [6.45, 7) is 3.27. The van der Waals surface area contributed by atoms with Crippen molar-refractivity contribution in [1.82, 2.24) is 14.7 Å². The third-order valence-electron chi connectivity index (χ3n) is 4.30. The average Bonchev–Trinajstić information content (AvgIpc) is 2.80. The van der Waals surface area contributed by atoms with Crippen molar-refractivity contribution in [3.63, 3.8) is 0 Å². The number of aromatic nitrogens is 2. The van der Waals surface area contributed by atoms with E-state index in [4.69, 9.17) is 0 Å². The number of carbonyl (C=O) groups is 2. The van der Waals surface area contributed by atoms with E-state index in [2.05, 4.69) is 10.4 Å². The molecule has 0 atom stereocenters. The summed E-state index contributed by atoms with van der Waals surface area (Å²) >= 11 is 0. The van der Waals surface area contributed by atoms with Gasteiger partial charge in [0, 0.05) is 25.4 Å². The molecule has 146 valence electrons. The number of alkyl halides is 3. The van der Waals surface area contributed by atoms with Crippen molar-refractivity contribution >= 4 is 17.5 Å². The monoisotopic (exact) mass is 382 g/mol. The van der Waals surface area contributed by atoms with E-state index in [-0.39, 0.29) is 24.6 Å². The molecule has 1 aromatic heterocycles. The molecular weight excluding hydrogens is 361 g/mol. The van der Waals surface area contributed by atoms with Crippen LogP contribution in [0.3, 0.4) is 0 Å². The molecule has 6 nitrogen and oxygen atoms in total. The van der Waals surface area contributed by atoms with Gasteiger partial charge in [-0.25, -0.2) is 0 Å². The van der Waals surface area contributed by atoms with Gasteiger partial charge in [0.15, 0.2) is 0 Å². The first-order chi connectivity index (χ1) is 12.5. The lowest BCUT2D eigenvalue weighted by molar-refractivity contribution is -0.137. The van der Waals surface area contributed by atoms with E-state index in [0.717, 1.165) is 23.0 Å². The van der Waals surface area contributed by atoms with Crippen molar-refractivity contribution in [1.29, 1.82) is 0 Å². The number of anilines is 1. The number of rotatable bonds is 5. The van der Waals surface area contributed by atoms with Crippen molar-refractivity contribution in [2.45, 2.75) is 26.4 Å². The van der Waals surface area contributed by atoms with Gasteiger partial charge in [-0.2, -0.15) is 18.3 Å². The average molecular weight is 382 g/mol. The Bertz CT molecular complexity index is 859. The largest absolute Gasteiger partial charge is 0.418 e. The van der Waals surface area contributed by atoms with Gasteiger partial charge in [-0.05, 0) is 26.0 Å². The second-order valence-corrected chi connectivity index (χ2v) is 6.29. The molecule has 2 aromatic rings. The normalized spacial score (nSPS) is 11.4. The summed E-state index contributed by atoms with van der Waals surface area (Å²) in [5.74, 6) is -1.03. The highest BCUT2D eigenvalue weighted by molar-refractivity contribution is 5.95. The van der Waals surface area contributed by atoms with E-state index >= 15 is 0 Å². The molecule has 0 aliphatic heterocycles. The number of likely N-dealkylation sites (N-methyl/N-ethyl adjacent to an activating group) is 1. The van der Waals surface area contributed by atoms with Gasteiger partial charge in [0.2, 0.25) is 11.8 Å². The lowest BCUT2D eigenvalue weighted by Gasteiger charge is -2.18. The fourth-order valence-electron chi connectivity index (χ4n) is 2.69. The van der Waals surface area contributed by atoms with E-state index in [1.165, 1.54) is 30.1 Å². The fourth-order valence-corrected chi connectivity index (χ4v) is 2.69. The first-order valence-corrected chi connectivity index (χ1v) is 8.19. The third-order valence-corrected chi connectivity index (χ3v) is 4.30. The zero-order valence-electron chi connectivity index (χ0n) is 15.5. The van der Waals surface area contributed by atoms with E-state index in [0.29, 0.717) is 0 Å². The van der Waals surface area contributed by atoms with Crippen molar-refractivity contribution in [3.8, 4) is 0 Å². The number of hydrogen-bond acceptors (Lipinski definition) is 3. The lowest BCUT2D eigenvalue weighted by Crippen LogP contribution is -2.36. The Labute approximate surface area is 155 Å². The molecule has 0 fully saturated rings. The second-order valence-electron chi connectivity index (χ2n) is 6.29. The lowest BCUT2D eigenvalue weighted by atomic mass is 10.1. The van der Waals surface area contributed by atoms with Crippen LogP contribution in [-0.2, 0) is 29.2 Å². The maximum absolute atomic E-state index is 13.0. The van der Waals surface area contributed by atoms with Gasteiger partial charge in [0.1, 0.15) is 0 Å². The van der Waals surface area contributed by atoms with Crippen LogP contribution in [0.25, 0.3) is 0 Å². The van der Waals surface area contributed by atoms with Gasteiger partial charge < -0.3 is 10.2 Å². The standard InChI is InChI=1S/C18H21F3N4O2/c1-11-13(12(2)25(4)23-11)9-17(27)24(3)10-16(26)22-15-8-6-5-7-14(15)18(19,20)21/h5-8H,9-10H2,1-4H3,(H,22,26). The zero-order valence-corrected chi connectivity index (χ0v) is 15.5. The molecule has 1 heterocycles. The van der Waals surface area contributed by atoms with E-state index in [1.54, 1.807) is 18.7 Å². The molecule has 0 radical (unpaired) electrons. The molecule has 0 saturated carbocycles. The Morgan fingerprint density at radius 2 is 1.85 bits per heavy atom. The van der Waals surface area contributed by atoms with Gasteiger partial charge >= 0.3 is 6.18 Å². The first-order valence-electron chi connectivity index (χ1n) is 8.19. The van der Waals surface area contributed by atoms with E-state index in [1.807, 2.05) is 6.92 Å². The molecule has 0 aliphatic carbocycles. The Morgan fingerprint density at radius 3 is 2.41 bits per heavy atom. The van der Waals surface area contributed by atoms with Crippen LogP contribution in [0.15, 0.2) is 24.3 Å². The van der Waals surface area contributed by atoms with Gasteiger partial charge in [-0.3, -0.25) is 14.3 Å². The number of halogens is 3. The number of nitrogens with one attached hydrogen (secondary N) is 1. The Morgan fingerprint density at radius 1 is 1.22 bits per heavy atom. The molecule has 0 spiro atoms. The molecule has 2 rings (SSSR count). The summed E-state index contributed by atoms with van der Waals surface area (Å²) in [7, 11) is 3.20. The minimum atomic E-state index is -4.58. The predicted molar refractivity (Wildman–Crippen MR) is 94.1 cm³/mol. The molecule has 0 saturated heterocycles. The molecule has 9 heteroatoms. The highest BCUT2D eigenvalue weighted by Gasteiger charge is 2.33. The second kappa shape index (κ2) is 7.81. The van der Waals surface area contributed by atoms with Crippen LogP contribution in [0.4, 0.5) is 18.9 Å². The van der Waals surface area contributed by atoms with Gasteiger partial charge in [0.25, 0.3) is 0 Å². The minimum Gasteiger partial charge on any atom is -0.336 e. The number of para-hydroxylation sites is 1. The summed E-state index contributed by atoms with van der Waals surface area (Å²) in [5.41, 5.74) is 1.07. The van der Waals surface area contributed by atoms with Crippen LogP contribution in [0, 0.1) is 13.8 Å². The Balaban J connectivity index is 2.03. The number of aryl methyl sites for hydroxylation is 2. The molecule has 0 unspecified atom stereocenters. The van der Waals surface area contributed by atoms with Gasteiger partial charge in [-0.1, -0.05) is 12.1 Å². The number of nitrogens with zero attached hydrogens (tertiary/aromatic N) is 3. The summed E-state index contributed by atoms with van der Waals surface area (Å²) in [6.07, 6.45) is -4.52. The maximum Gasteiger partial charge on any atom is 0.418 e. The van der Waals surface area contributed by atoms with Crippen LogP contribution >= 0.6 is 0 Å². The molecular formula is C18H21F3N4O2. The predicted octanol–water partition coefficient (Wildman–Crippen LogP) is 2.70. The first kappa shape index (κ1) is 20.5. The summed E-state index contributed by atoms with van der Waals surface area (Å²) in [6, 6.07) is 4.70. The van der Waals surface area contributed by atoms with Crippen LogP contribution in [-0.4, -0.2) is 40.1 Å². The molecule has 27 heavy (non-hydrogen) atoms. The van der Waals surface area contributed by atoms with E-state index < -0.39 is 17.6 Å². The number of benzene rings is 1. The Kier molecular flexibility index (Phi) is 5.92. The smallest absolute Gasteiger partial charge is 0.336 e. The quantitative estimate of drug-likeness (QED) is 0.865. The topological polar surface area (TPSA) is 67.2 Å². The van der Waals surface area contributed by atoms with Crippen molar-refractivity contribution in [3.05, 3.63) is 46.8 Å². The highest BCUT2D eigenvalue weighted by atomic mass is 19.4. The van der Waals surface area contributed by atoms with Crippen molar-refractivity contribution in [2.75, 3.05) is 18.9 Å². The Hall–Kier alpha value is -2.84. The number of amides is 2. The molecule has 1 N–H and O–H groups in total. The van der Waals surface area contributed by atoms with Crippen molar-refractivity contribution < 1.29 is 22.8 Å². The zero-order chi connectivity index (χ0) is 20.4. The molecule has 1 aromatic carbocycles. The molecule has 0 aliphatic rings. The summed E-state index contributed by atoms with van der Waals surface area (Å²) < 4.78 is 40.6. The minimum absolute atomic E-state index is 0.0639.